The predicted octanol–water partition coefficient (Wildman–Crippen LogP) is 5.49. The Morgan fingerprint density at radius 2 is 1.29 bits per heavy atom. The van der Waals surface area contributed by atoms with E-state index in [0.29, 0.717) is 6.42 Å². The van der Waals surface area contributed by atoms with Crippen molar-refractivity contribution in [2.75, 3.05) is 13.2 Å². The van der Waals surface area contributed by atoms with E-state index in [-0.39, 0.29) is 19.2 Å². The van der Waals surface area contributed by atoms with Crippen molar-refractivity contribution < 1.29 is 24.2 Å². The molecular weight excluding hydrogens is 356 g/mol. The van der Waals surface area contributed by atoms with E-state index in [1.54, 1.807) is 0 Å². The second-order valence-electron chi connectivity index (χ2n) is 7.47. The highest BCUT2D eigenvalue weighted by Crippen LogP contribution is 2.10. The highest BCUT2D eigenvalue weighted by molar-refractivity contribution is 5.69. The number of hydrogen-bond donors (Lipinski definition) is 1. The first kappa shape index (κ1) is 26.6. The Morgan fingerprint density at radius 3 is 1.86 bits per heavy atom. The van der Waals surface area contributed by atoms with Crippen LogP contribution in [0, 0.1) is 0 Å². The Hall–Kier alpha value is -1.36. The molecule has 0 aliphatic heterocycles. The zero-order valence-corrected chi connectivity index (χ0v) is 18.1. The number of unbranched alkanes of at least 4 members (excludes halogenated alkanes) is 11. The van der Waals surface area contributed by atoms with Gasteiger partial charge in [-0.3, -0.25) is 9.59 Å². The number of rotatable bonds is 19. The molecule has 0 spiro atoms. The van der Waals surface area contributed by atoms with E-state index >= 15 is 0 Å². The molecule has 0 aromatic rings. The maximum absolute atomic E-state index is 11.6. The summed E-state index contributed by atoms with van der Waals surface area (Å²) in [5.74, 6) is -0.766. The topological polar surface area (TPSA) is 72.8 Å². The van der Waals surface area contributed by atoms with Crippen LogP contribution in [0.2, 0.25) is 0 Å². The molecule has 0 aromatic heterocycles. The maximum Gasteiger partial charge on any atom is 0.305 e. The molecule has 0 bridgehead atoms. The lowest BCUT2D eigenvalue weighted by molar-refractivity contribution is -0.151. The second kappa shape index (κ2) is 20.4. The lowest BCUT2D eigenvalue weighted by Crippen LogP contribution is -2.24. The van der Waals surface area contributed by atoms with Crippen LogP contribution in [0.15, 0.2) is 12.2 Å². The molecule has 1 atom stereocenters. The summed E-state index contributed by atoms with van der Waals surface area (Å²) < 4.78 is 9.61. The lowest BCUT2D eigenvalue weighted by Gasteiger charge is -2.11. The molecule has 0 fully saturated rings. The van der Waals surface area contributed by atoms with Crippen LogP contribution < -0.4 is 0 Å². The summed E-state index contributed by atoms with van der Waals surface area (Å²) in [7, 11) is 0. The van der Waals surface area contributed by atoms with Crippen LogP contribution in [-0.4, -0.2) is 36.4 Å². The summed E-state index contributed by atoms with van der Waals surface area (Å²) in [5.41, 5.74) is 0. The van der Waals surface area contributed by atoms with E-state index in [1.807, 2.05) is 0 Å². The van der Waals surface area contributed by atoms with Crippen molar-refractivity contribution in [3.8, 4) is 0 Å². The number of hydrogen-bond acceptors (Lipinski definition) is 5. The molecule has 164 valence electrons. The molecule has 0 radical (unpaired) electrons. The number of carbonyl (C=O) groups excluding carboxylic acids is 2. The maximum atomic E-state index is 11.6. The van der Waals surface area contributed by atoms with Crippen LogP contribution in [0.5, 0.6) is 0 Å². The van der Waals surface area contributed by atoms with Crippen LogP contribution in [0.25, 0.3) is 0 Å². The van der Waals surface area contributed by atoms with Crippen molar-refractivity contribution in [2.24, 2.45) is 0 Å². The van der Waals surface area contributed by atoms with Gasteiger partial charge in [-0.2, -0.15) is 0 Å². The highest BCUT2D eigenvalue weighted by Gasteiger charge is 2.10. The molecule has 0 aliphatic rings. The van der Waals surface area contributed by atoms with Gasteiger partial charge in [0.1, 0.15) is 19.3 Å². The SMILES string of the molecule is CCCCCCCC/C=C\CCCCCCCC(=O)OC[C@@H](O)COC(C)=O. The smallest absolute Gasteiger partial charge is 0.305 e. The van der Waals surface area contributed by atoms with Crippen molar-refractivity contribution in [3.05, 3.63) is 12.2 Å². The summed E-state index contributed by atoms with van der Waals surface area (Å²) >= 11 is 0. The van der Waals surface area contributed by atoms with Gasteiger partial charge in [-0.15, -0.1) is 0 Å². The standard InChI is InChI=1S/C23H42O5/c1-3-4-5-6-7-8-9-10-11-12-13-14-15-16-17-18-23(26)28-20-22(25)19-27-21(2)24/h10-11,22,25H,3-9,12-20H2,1-2H3/b11-10-/t22-/m0/s1. The fraction of sp³-hybridized carbons (Fsp3) is 0.826. The number of esters is 2. The molecule has 0 saturated heterocycles. The second-order valence-corrected chi connectivity index (χ2v) is 7.47. The molecule has 0 aromatic carbocycles. The number of carbonyl (C=O) groups is 2. The quantitative estimate of drug-likeness (QED) is 0.177. The molecule has 0 amide bonds. The van der Waals surface area contributed by atoms with Gasteiger partial charge in [0, 0.05) is 13.3 Å². The zero-order valence-electron chi connectivity index (χ0n) is 18.1. The Morgan fingerprint density at radius 1 is 0.786 bits per heavy atom. The van der Waals surface area contributed by atoms with Crippen molar-refractivity contribution in [3.63, 3.8) is 0 Å². The van der Waals surface area contributed by atoms with Gasteiger partial charge in [-0.1, -0.05) is 70.4 Å². The van der Waals surface area contributed by atoms with Crippen LogP contribution in [0.4, 0.5) is 0 Å². The van der Waals surface area contributed by atoms with Crippen LogP contribution in [0.3, 0.4) is 0 Å². The molecular formula is C23H42O5. The Labute approximate surface area is 171 Å². The molecule has 1 N–H and O–H groups in total. The third-order valence-electron chi connectivity index (χ3n) is 4.56. The number of ether oxygens (including phenoxy) is 2. The largest absolute Gasteiger partial charge is 0.463 e. The molecule has 0 heterocycles. The van der Waals surface area contributed by atoms with Gasteiger partial charge in [0.15, 0.2) is 0 Å². The van der Waals surface area contributed by atoms with Gasteiger partial charge in [0.2, 0.25) is 0 Å². The third-order valence-corrected chi connectivity index (χ3v) is 4.56. The van der Waals surface area contributed by atoms with E-state index in [9.17, 15) is 14.7 Å². The van der Waals surface area contributed by atoms with E-state index in [1.165, 1.54) is 64.7 Å². The Balaban J connectivity index is 3.32. The summed E-state index contributed by atoms with van der Waals surface area (Å²) in [5, 5.41) is 9.49. The van der Waals surface area contributed by atoms with Gasteiger partial charge >= 0.3 is 11.9 Å². The normalized spacial score (nSPS) is 12.2. The van der Waals surface area contributed by atoms with Crippen LogP contribution >= 0.6 is 0 Å². The predicted molar refractivity (Wildman–Crippen MR) is 113 cm³/mol. The first-order chi connectivity index (χ1) is 13.6. The summed E-state index contributed by atoms with van der Waals surface area (Å²) in [4.78, 5) is 22.2. The zero-order chi connectivity index (χ0) is 20.9. The summed E-state index contributed by atoms with van der Waals surface area (Å²) in [6.07, 6.45) is 19.9. The van der Waals surface area contributed by atoms with E-state index < -0.39 is 12.1 Å². The van der Waals surface area contributed by atoms with Gasteiger partial charge in [0.05, 0.1) is 0 Å². The first-order valence-electron chi connectivity index (χ1n) is 11.2. The molecule has 0 saturated carbocycles. The van der Waals surface area contributed by atoms with E-state index in [2.05, 4.69) is 23.8 Å². The fourth-order valence-corrected chi connectivity index (χ4v) is 2.86. The first-order valence-corrected chi connectivity index (χ1v) is 11.2. The van der Waals surface area contributed by atoms with Gasteiger partial charge in [-0.05, 0) is 32.1 Å². The molecule has 0 rings (SSSR count). The molecule has 28 heavy (non-hydrogen) atoms. The summed E-state index contributed by atoms with van der Waals surface area (Å²) in [6, 6.07) is 0. The monoisotopic (exact) mass is 398 g/mol. The Bertz CT molecular complexity index is 406. The minimum Gasteiger partial charge on any atom is -0.463 e. The molecule has 5 nitrogen and oxygen atoms in total. The van der Waals surface area contributed by atoms with Crippen molar-refractivity contribution in [2.45, 2.75) is 110 Å². The fourth-order valence-electron chi connectivity index (χ4n) is 2.86. The number of aliphatic hydroxyl groups is 1. The number of allylic oxidation sites excluding steroid dienone is 2. The number of aliphatic hydroxyl groups excluding tert-OH is 1. The van der Waals surface area contributed by atoms with Gasteiger partial charge in [0.25, 0.3) is 0 Å². The van der Waals surface area contributed by atoms with Crippen LogP contribution in [0.1, 0.15) is 104 Å². The van der Waals surface area contributed by atoms with Crippen molar-refractivity contribution in [1.29, 1.82) is 0 Å². The highest BCUT2D eigenvalue weighted by atomic mass is 16.6. The molecule has 0 unspecified atom stereocenters. The summed E-state index contributed by atoms with van der Waals surface area (Å²) in [6.45, 7) is 3.25. The van der Waals surface area contributed by atoms with Gasteiger partial charge in [-0.25, -0.2) is 0 Å². The average molecular weight is 399 g/mol. The van der Waals surface area contributed by atoms with Crippen molar-refractivity contribution >= 4 is 11.9 Å². The molecule has 0 aliphatic carbocycles. The third kappa shape index (κ3) is 20.9. The molecule has 5 heteroatoms. The Kier molecular flexibility index (Phi) is 19.4. The average Bonchev–Trinajstić information content (AvgIpc) is 2.67. The minimum absolute atomic E-state index is 0.128. The lowest BCUT2D eigenvalue weighted by atomic mass is 10.1. The van der Waals surface area contributed by atoms with E-state index in [4.69, 9.17) is 4.74 Å². The van der Waals surface area contributed by atoms with Crippen LogP contribution in [-0.2, 0) is 19.1 Å². The minimum atomic E-state index is -0.957. The van der Waals surface area contributed by atoms with E-state index in [0.717, 1.165) is 25.7 Å². The van der Waals surface area contributed by atoms with Crippen molar-refractivity contribution in [1.82, 2.24) is 0 Å². The van der Waals surface area contributed by atoms with Gasteiger partial charge < -0.3 is 14.6 Å².